The fourth-order valence-electron chi connectivity index (χ4n) is 3.22. The lowest BCUT2D eigenvalue weighted by molar-refractivity contribution is 0.590. The standard InChI is InChI=1S/C20H28N4O2S/c1-14-12-18(22-16-8-6-15(7-9-16)20(2,3)4)23-19(21-14)24(5)17-10-11-27(25,26)13-17/h6-9,12,17H,10-11,13H2,1-5H3,(H,21,22,23). The van der Waals surface area contributed by atoms with Crippen LogP contribution in [0, 0.1) is 6.92 Å². The van der Waals surface area contributed by atoms with Gasteiger partial charge in [0.15, 0.2) is 9.84 Å². The molecule has 1 aromatic carbocycles. The van der Waals surface area contributed by atoms with Gasteiger partial charge < -0.3 is 10.2 Å². The summed E-state index contributed by atoms with van der Waals surface area (Å²) in [5, 5.41) is 3.33. The maximum atomic E-state index is 11.8. The van der Waals surface area contributed by atoms with Crippen LogP contribution in [0.1, 0.15) is 38.4 Å². The molecule has 0 bridgehead atoms. The summed E-state index contributed by atoms with van der Waals surface area (Å²) in [5.41, 5.74) is 3.18. The largest absolute Gasteiger partial charge is 0.340 e. The Morgan fingerprint density at radius 1 is 1.15 bits per heavy atom. The first kappa shape index (κ1) is 19.6. The van der Waals surface area contributed by atoms with Crippen LogP contribution in [0.25, 0.3) is 0 Å². The number of hydrogen-bond donors (Lipinski definition) is 1. The Bertz CT molecular complexity index is 918. The molecule has 27 heavy (non-hydrogen) atoms. The van der Waals surface area contributed by atoms with Gasteiger partial charge in [-0.25, -0.2) is 13.4 Å². The summed E-state index contributed by atoms with van der Waals surface area (Å²) in [6.45, 7) is 8.48. The Morgan fingerprint density at radius 2 is 1.81 bits per heavy atom. The molecule has 0 amide bonds. The highest BCUT2D eigenvalue weighted by Gasteiger charge is 2.31. The summed E-state index contributed by atoms with van der Waals surface area (Å²) >= 11 is 0. The van der Waals surface area contributed by atoms with Crippen LogP contribution in [0.15, 0.2) is 30.3 Å². The molecule has 146 valence electrons. The van der Waals surface area contributed by atoms with E-state index < -0.39 is 9.84 Å². The van der Waals surface area contributed by atoms with Crippen LogP contribution in [0.5, 0.6) is 0 Å². The molecule has 7 heteroatoms. The van der Waals surface area contributed by atoms with Gasteiger partial charge in [0.05, 0.1) is 11.5 Å². The van der Waals surface area contributed by atoms with Gasteiger partial charge in [-0.2, -0.15) is 4.98 Å². The molecule has 1 atom stereocenters. The van der Waals surface area contributed by atoms with Crippen LogP contribution in [0.4, 0.5) is 17.5 Å². The van der Waals surface area contributed by atoms with Crippen LogP contribution >= 0.6 is 0 Å². The van der Waals surface area contributed by atoms with Crippen molar-refractivity contribution in [2.75, 3.05) is 28.8 Å². The number of aryl methyl sites for hydroxylation is 1. The second-order valence-corrected chi connectivity index (χ2v) is 10.5. The summed E-state index contributed by atoms with van der Waals surface area (Å²) in [6, 6.07) is 10.1. The van der Waals surface area contributed by atoms with Crippen molar-refractivity contribution in [1.29, 1.82) is 0 Å². The number of benzene rings is 1. The molecule has 0 radical (unpaired) electrons. The monoisotopic (exact) mass is 388 g/mol. The number of sulfone groups is 1. The summed E-state index contributed by atoms with van der Waals surface area (Å²) < 4.78 is 23.5. The number of aromatic nitrogens is 2. The lowest BCUT2D eigenvalue weighted by Crippen LogP contribution is -2.34. The number of anilines is 3. The average Bonchev–Trinajstić information content (AvgIpc) is 2.93. The van der Waals surface area contributed by atoms with Crippen molar-refractivity contribution < 1.29 is 8.42 Å². The summed E-state index contributed by atoms with van der Waals surface area (Å²) in [7, 11) is -1.08. The Hall–Kier alpha value is -2.15. The summed E-state index contributed by atoms with van der Waals surface area (Å²) in [5.74, 6) is 1.65. The van der Waals surface area contributed by atoms with Crippen molar-refractivity contribution in [3.8, 4) is 0 Å². The van der Waals surface area contributed by atoms with Gasteiger partial charge in [0.25, 0.3) is 0 Å². The zero-order valence-corrected chi connectivity index (χ0v) is 17.5. The van der Waals surface area contributed by atoms with Crippen molar-refractivity contribution >= 4 is 27.3 Å². The Balaban J connectivity index is 1.79. The molecule has 1 aliphatic heterocycles. The molecule has 1 fully saturated rings. The van der Waals surface area contributed by atoms with Gasteiger partial charge in [-0.15, -0.1) is 0 Å². The van der Waals surface area contributed by atoms with E-state index in [4.69, 9.17) is 0 Å². The summed E-state index contributed by atoms with van der Waals surface area (Å²) in [6.07, 6.45) is 0.618. The van der Waals surface area contributed by atoms with E-state index in [0.29, 0.717) is 18.2 Å². The maximum absolute atomic E-state index is 11.8. The molecule has 1 N–H and O–H groups in total. The van der Waals surface area contributed by atoms with Crippen LogP contribution in [-0.4, -0.2) is 43.0 Å². The quantitative estimate of drug-likeness (QED) is 0.865. The first-order valence-corrected chi connectivity index (χ1v) is 11.0. The Kier molecular flexibility index (Phi) is 5.16. The SMILES string of the molecule is Cc1cc(Nc2ccc(C(C)(C)C)cc2)nc(N(C)C2CCS(=O)(=O)C2)n1. The predicted molar refractivity (Wildman–Crippen MR) is 111 cm³/mol. The zero-order valence-electron chi connectivity index (χ0n) is 16.7. The number of hydrogen-bond acceptors (Lipinski definition) is 6. The molecule has 1 saturated heterocycles. The van der Waals surface area contributed by atoms with E-state index in [9.17, 15) is 8.42 Å². The van der Waals surface area contributed by atoms with Gasteiger partial charge in [-0.3, -0.25) is 0 Å². The first-order valence-electron chi connectivity index (χ1n) is 9.20. The Morgan fingerprint density at radius 3 is 2.37 bits per heavy atom. The van der Waals surface area contributed by atoms with E-state index in [1.807, 2.05) is 37.1 Å². The second kappa shape index (κ2) is 7.11. The summed E-state index contributed by atoms with van der Waals surface area (Å²) in [4.78, 5) is 11.0. The number of nitrogens with zero attached hydrogens (tertiary/aromatic N) is 3. The van der Waals surface area contributed by atoms with Crippen molar-refractivity contribution in [2.45, 2.75) is 45.6 Å². The lowest BCUT2D eigenvalue weighted by Gasteiger charge is -2.24. The highest BCUT2D eigenvalue weighted by Crippen LogP contribution is 2.26. The second-order valence-electron chi connectivity index (χ2n) is 8.31. The van der Waals surface area contributed by atoms with E-state index in [0.717, 1.165) is 11.4 Å². The van der Waals surface area contributed by atoms with Crippen molar-refractivity contribution in [3.63, 3.8) is 0 Å². The molecule has 0 spiro atoms. The fraction of sp³-hybridized carbons (Fsp3) is 0.500. The molecule has 1 unspecified atom stereocenters. The molecule has 1 aliphatic rings. The van der Waals surface area contributed by atoms with Gasteiger partial charge in [-0.1, -0.05) is 32.9 Å². The molecule has 0 aliphatic carbocycles. The number of nitrogens with one attached hydrogen (secondary N) is 1. The Labute approximate surface area is 162 Å². The van der Waals surface area contributed by atoms with E-state index in [1.165, 1.54) is 5.56 Å². The minimum atomic E-state index is -2.95. The third-order valence-corrected chi connectivity index (χ3v) is 6.69. The van der Waals surface area contributed by atoms with Crippen LogP contribution < -0.4 is 10.2 Å². The minimum absolute atomic E-state index is 0.0734. The molecule has 6 nitrogen and oxygen atoms in total. The highest BCUT2D eigenvalue weighted by atomic mass is 32.2. The molecule has 3 rings (SSSR count). The molecule has 1 aromatic heterocycles. The van der Waals surface area contributed by atoms with Crippen LogP contribution in [-0.2, 0) is 15.3 Å². The average molecular weight is 389 g/mol. The van der Waals surface area contributed by atoms with Gasteiger partial charge in [-0.05, 0) is 36.5 Å². The van der Waals surface area contributed by atoms with Crippen LogP contribution in [0.2, 0.25) is 0 Å². The molecule has 2 heterocycles. The third kappa shape index (κ3) is 4.77. The van der Waals surface area contributed by atoms with Gasteiger partial charge in [0.1, 0.15) is 5.82 Å². The van der Waals surface area contributed by atoms with Gasteiger partial charge in [0, 0.05) is 30.5 Å². The normalized spacial score (nSPS) is 19.1. The van der Waals surface area contributed by atoms with Crippen molar-refractivity contribution in [3.05, 3.63) is 41.6 Å². The minimum Gasteiger partial charge on any atom is -0.340 e. The van der Waals surface area contributed by atoms with Crippen molar-refractivity contribution in [1.82, 2.24) is 9.97 Å². The third-order valence-electron chi connectivity index (χ3n) is 4.94. The molecule has 0 saturated carbocycles. The first-order chi connectivity index (χ1) is 12.5. The maximum Gasteiger partial charge on any atom is 0.227 e. The van der Waals surface area contributed by atoms with Gasteiger partial charge in [0.2, 0.25) is 5.95 Å². The molecule has 2 aromatic rings. The zero-order chi connectivity index (χ0) is 19.8. The number of rotatable bonds is 4. The fourth-order valence-corrected chi connectivity index (χ4v) is 4.99. The van der Waals surface area contributed by atoms with Gasteiger partial charge >= 0.3 is 0 Å². The predicted octanol–water partition coefficient (Wildman–Crippen LogP) is 3.45. The van der Waals surface area contributed by atoms with E-state index >= 15 is 0 Å². The topological polar surface area (TPSA) is 75.2 Å². The van der Waals surface area contributed by atoms with E-state index in [1.54, 1.807) is 0 Å². The van der Waals surface area contributed by atoms with Crippen LogP contribution in [0.3, 0.4) is 0 Å². The lowest BCUT2D eigenvalue weighted by atomic mass is 9.87. The smallest absolute Gasteiger partial charge is 0.227 e. The highest BCUT2D eigenvalue weighted by molar-refractivity contribution is 7.91. The molecular weight excluding hydrogens is 360 g/mol. The van der Waals surface area contributed by atoms with E-state index in [-0.39, 0.29) is 23.0 Å². The molecular formula is C20H28N4O2S. The van der Waals surface area contributed by atoms with E-state index in [2.05, 4.69) is 48.2 Å². The van der Waals surface area contributed by atoms with Crippen molar-refractivity contribution in [2.24, 2.45) is 0 Å².